The maximum Gasteiger partial charge on any atom is 0.150 e. The monoisotopic (exact) mass is 440 g/mol. The first kappa shape index (κ1) is 19.4. The van der Waals surface area contributed by atoms with Crippen molar-refractivity contribution in [1.82, 2.24) is 14.5 Å². The van der Waals surface area contributed by atoms with E-state index in [0.717, 1.165) is 40.8 Å². The number of piperidine rings is 1. The van der Waals surface area contributed by atoms with Gasteiger partial charge in [-0.1, -0.05) is 29.3 Å². The number of nitrogens with zero attached hydrogens (tertiary/aromatic N) is 4. The number of aromatic nitrogens is 3. The third kappa shape index (κ3) is 3.34. The molecule has 0 unspecified atom stereocenters. The van der Waals surface area contributed by atoms with Crippen LogP contribution in [0.2, 0.25) is 0 Å². The number of fused-ring (bicyclic) bond motifs is 1. The van der Waals surface area contributed by atoms with Crippen LogP contribution in [0.4, 0.5) is 5.82 Å². The fourth-order valence-corrected chi connectivity index (χ4v) is 5.31. The number of hydrogen-bond donors (Lipinski definition) is 0. The minimum atomic E-state index is 0.840. The van der Waals surface area contributed by atoms with E-state index in [4.69, 9.17) is 9.97 Å². The molecule has 0 spiro atoms. The molecule has 148 valence electrons. The Morgan fingerprint density at radius 1 is 1.00 bits per heavy atom. The smallest absolute Gasteiger partial charge is 0.150 e. The van der Waals surface area contributed by atoms with Gasteiger partial charge >= 0.3 is 0 Å². The minimum Gasteiger partial charge on any atom is -0.356 e. The summed E-state index contributed by atoms with van der Waals surface area (Å²) in [6.07, 6.45) is 6.02. The number of benzene rings is 1. The van der Waals surface area contributed by atoms with E-state index in [1.165, 1.54) is 47.0 Å². The summed E-state index contributed by atoms with van der Waals surface area (Å²) < 4.78 is 3.38. The lowest BCUT2D eigenvalue weighted by Crippen LogP contribution is -2.34. The molecule has 3 aromatic rings. The van der Waals surface area contributed by atoms with Crippen molar-refractivity contribution < 1.29 is 0 Å². The van der Waals surface area contributed by atoms with Gasteiger partial charge in [0.05, 0.1) is 11.1 Å². The van der Waals surface area contributed by atoms with Gasteiger partial charge in [0.25, 0.3) is 0 Å². The zero-order valence-corrected chi connectivity index (χ0v) is 19.1. The van der Waals surface area contributed by atoms with E-state index in [-0.39, 0.29) is 0 Å². The van der Waals surface area contributed by atoms with Crippen molar-refractivity contribution in [2.45, 2.75) is 53.9 Å². The maximum atomic E-state index is 4.90. The lowest BCUT2D eigenvalue weighted by atomic mass is 9.94. The van der Waals surface area contributed by atoms with Crippen LogP contribution in [0.5, 0.6) is 0 Å². The molecule has 4 rings (SSSR count). The molecule has 0 bridgehead atoms. The topological polar surface area (TPSA) is 34.0 Å². The Bertz CT molecular complexity index is 1010. The van der Waals surface area contributed by atoms with Crippen LogP contribution >= 0.6 is 15.9 Å². The van der Waals surface area contributed by atoms with Crippen molar-refractivity contribution >= 4 is 32.8 Å². The zero-order valence-electron chi connectivity index (χ0n) is 17.5. The molecule has 1 fully saturated rings. The Hall–Kier alpha value is -1.88. The summed E-state index contributed by atoms with van der Waals surface area (Å²) in [5.74, 6) is 2.81. The Kier molecular flexibility index (Phi) is 5.21. The zero-order chi connectivity index (χ0) is 20.0. The van der Waals surface area contributed by atoms with Crippen molar-refractivity contribution in [1.29, 1.82) is 0 Å². The maximum absolute atomic E-state index is 4.90. The van der Waals surface area contributed by atoms with Gasteiger partial charge in [-0.2, -0.15) is 0 Å². The first-order valence-corrected chi connectivity index (χ1v) is 11.1. The second-order valence-electron chi connectivity index (χ2n) is 8.20. The number of anilines is 1. The molecule has 3 heterocycles. The molecule has 0 amide bonds. The first-order chi connectivity index (χ1) is 13.4. The fraction of sp³-hybridized carbons (Fsp3) is 0.478. The quantitative estimate of drug-likeness (QED) is 0.497. The molecule has 0 atom stereocenters. The van der Waals surface area contributed by atoms with Crippen LogP contribution in [0.15, 0.2) is 22.8 Å². The second kappa shape index (κ2) is 7.51. The summed E-state index contributed by atoms with van der Waals surface area (Å²) in [7, 11) is 0. The van der Waals surface area contributed by atoms with Gasteiger partial charge in [-0.15, -0.1) is 0 Å². The summed E-state index contributed by atoms with van der Waals surface area (Å²) in [6.45, 7) is 13.0. The third-order valence-corrected chi connectivity index (χ3v) is 6.57. The number of halogens is 1. The van der Waals surface area contributed by atoms with Gasteiger partial charge in [0.1, 0.15) is 11.6 Å². The largest absolute Gasteiger partial charge is 0.356 e. The molecule has 1 aliphatic rings. The molecular formula is C23H29BrN4. The molecule has 0 aliphatic carbocycles. The summed E-state index contributed by atoms with van der Waals surface area (Å²) in [5, 5.41) is 1.20. The van der Waals surface area contributed by atoms with Crippen molar-refractivity contribution in [2.24, 2.45) is 5.92 Å². The Morgan fingerprint density at radius 2 is 1.64 bits per heavy atom. The first-order valence-electron chi connectivity index (χ1n) is 10.3. The van der Waals surface area contributed by atoms with Crippen LogP contribution in [0.3, 0.4) is 0 Å². The molecule has 5 heteroatoms. The molecule has 1 aromatic carbocycles. The highest BCUT2D eigenvalue weighted by Gasteiger charge is 2.24. The second-order valence-corrected chi connectivity index (χ2v) is 9.12. The van der Waals surface area contributed by atoms with E-state index < -0.39 is 0 Å². The highest BCUT2D eigenvalue weighted by molar-refractivity contribution is 9.10. The number of hydrogen-bond acceptors (Lipinski definition) is 3. The van der Waals surface area contributed by atoms with Crippen molar-refractivity contribution in [2.75, 3.05) is 18.0 Å². The molecule has 1 saturated heterocycles. The molecule has 28 heavy (non-hydrogen) atoms. The van der Waals surface area contributed by atoms with Crippen LogP contribution in [-0.2, 0) is 0 Å². The number of aryl methyl sites for hydroxylation is 4. The SMILES string of the molecule is CCC1CCN(c2nc(C)nc3c2c(C)cn3-c2c(C)cc(Br)cc2C)CC1. The van der Waals surface area contributed by atoms with E-state index >= 15 is 0 Å². The molecule has 4 nitrogen and oxygen atoms in total. The Balaban J connectivity index is 1.88. The van der Waals surface area contributed by atoms with E-state index in [1.54, 1.807) is 0 Å². The van der Waals surface area contributed by atoms with Gasteiger partial charge in [0, 0.05) is 23.8 Å². The fourth-order valence-electron chi connectivity index (χ4n) is 4.63. The van der Waals surface area contributed by atoms with Crippen LogP contribution in [0.1, 0.15) is 48.7 Å². The molecule has 0 radical (unpaired) electrons. The van der Waals surface area contributed by atoms with Crippen molar-refractivity contribution in [3.8, 4) is 5.69 Å². The van der Waals surface area contributed by atoms with Crippen LogP contribution in [-0.4, -0.2) is 27.6 Å². The van der Waals surface area contributed by atoms with Gasteiger partial charge in [-0.3, -0.25) is 0 Å². The summed E-state index contributed by atoms with van der Waals surface area (Å²) in [6, 6.07) is 4.35. The molecule has 0 saturated carbocycles. The average Bonchev–Trinajstić information content (AvgIpc) is 2.96. The van der Waals surface area contributed by atoms with Gasteiger partial charge in [-0.25, -0.2) is 9.97 Å². The van der Waals surface area contributed by atoms with Gasteiger partial charge in [0.15, 0.2) is 5.65 Å². The standard InChI is InChI=1S/C23H29BrN4/c1-6-18-7-9-27(10-8-18)22-20-16(4)13-28(23(20)26-17(5)25-22)21-14(2)11-19(24)12-15(21)3/h11-13,18H,6-10H2,1-5H3. The average molecular weight is 441 g/mol. The van der Waals surface area contributed by atoms with Gasteiger partial charge < -0.3 is 9.47 Å². The van der Waals surface area contributed by atoms with E-state index in [0.29, 0.717) is 0 Å². The molecule has 1 aliphatic heterocycles. The highest BCUT2D eigenvalue weighted by Crippen LogP contribution is 2.35. The summed E-state index contributed by atoms with van der Waals surface area (Å²) in [4.78, 5) is 12.2. The molecular weight excluding hydrogens is 412 g/mol. The predicted molar refractivity (Wildman–Crippen MR) is 121 cm³/mol. The lowest BCUT2D eigenvalue weighted by Gasteiger charge is -2.33. The Morgan fingerprint density at radius 3 is 2.25 bits per heavy atom. The molecule has 0 N–H and O–H groups in total. The Labute approximate surface area is 176 Å². The van der Waals surface area contributed by atoms with E-state index in [2.05, 4.69) is 71.4 Å². The molecule has 2 aromatic heterocycles. The van der Waals surface area contributed by atoms with Crippen molar-refractivity contribution in [3.05, 3.63) is 45.3 Å². The predicted octanol–water partition coefficient (Wildman–Crippen LogP) is 6.04. The van der Waals surface area contributed by atoms with E-state index in [1.807, 2.05) is 6.92 Å². The highest BCUT2D eigenvalue weighted by atomic mass is 79.9. The third-order valence-electron chi connectivity index (χ3n) is 6.12. The van der Waals surface area contributed by atoms with Gasteiger partial charge in [0.2, 0.25) is 0 Å². The van der Waals surface area contributed by atoms with E-state index in [9.17, 15) is 0 Å². The lowest BCUT2D eigenvalue weighted by molar-refractivity contribution is 0.394. The number of rotatable bonds is 3. The summed E-state index contributed by atoms with van der Waals surface area (Å²) >= 11 is 3.62. The van der Waals surface area contributed by atoms with Crippen molar-refractivity contribution in [3.63, 3.8) is 0 Å². The van der Waals surface area contributed by atoms with Crippen LogP contribution < -0.4 is 4.90 Å². The minimum absolute atomic E-state index is 0.840. The van der Waals surface area contributed by atoms with Crippen LogP contribution in [0.25, 0.3) is 16.7 Å². The summed E-state index contributed by atoms with van der Waals surface area (Å²) in [5.41, 5.74) is 5.96. The van der Waals surface area contributed by atoms with Crippen LogP contribution in [0, 0.1) is 33.6 Å². The van der Waals surface area contributed by atoms with Gasteiger partial charge in [-0.05, 0) is 75.3 Å². The normalized spacial score (nSPS) is 15.6.